The van der Waals surface area contributed by atoms with Gasteiger partial charge < -0.3 is 20.1 Å². The second kappa shape index (κ2) is 66.8. The lowest BCUT2D eigenvalue weighted by Crippen LogP contribution is -2.29. The van der Waals surface area contributed by atoms with Crippen LogP contribution in [0.25, 0.3) is 0 Å². The van der Waals surface area contributed by atoms with E-state index < -0.39 is 26.5 Å². The number of nitrogens with two attached hydrogens (primary N) is 1. The Balaban J connectivity index is 3.83. The Labute approximate surface area is 501 Å². The zero-order valence-corrected chi connectivity index (χ0v) is 54.2. The number of rotatable bonds is 66. The lowest BCUT2D eigenvalue weighted by molar-refractivity contribution is -0.161. The third-order valence-electron chi connectivity index (χ3n) is 15.4. The average Bonchev–Trinajstić information content (AvgIpc) is 3.46. The van der Waals surface area contributed by atoms with Crippen molar-refractivity contribution in [3.05, 3.63) is 60.8 Å². The predicted molar refractivity (Wildman–Crippen MR) is 349 cm³/mol. The van der Waals surface area contributed by atoms with Crippen LogP contribution < -0.4 is 5.73 Å². The van der Waals surface area contributed by atoms with Crippen LogP contribution in [0.5, 0.6) is 0 Å². The van der Waals surface area contributed by atoms with Gasteiger partial charge in [-0.3, -0.25) is 18.6 Å². The van der Waals surface area contributed by atoms with Gasteiger partial charge in [0.1, 0.15) is 6.61 Å². The molecule has 0 bridgehead atoms. The van der Waals surface area contributed by atoms with E-state index in [4.69, 9.17) is 24.3 Å². The monoisotopic (exact) mass is 1160 g/mol. The Hall–Kier alpha value is -2.29. The zero-order valence-electron chi connectivity index (χ0n) is 53.3. The first-order valence-electron chi connectivity index (χ1n) is 34.8. The van der Waals surface area contributed by atoms with Crippen LogP contribution in [0.2, 0.25) is 0 Å². The maximum absolute atomic E-state index is 12.8. The van der Waals surface area contributed by atoms with Gasteiger partial charge in [-0.2, -0.15) is 0 Å². The van der Waals surface area contributed by atoms with Gasteiger partial charge in [0.25, 0.3) is 0 Å². The summed E-state index contributed by atoms with van der Waals surface area (Å²) in [5.41, 5.74) is 5.40. The number of ether oxygens (including phenoxy) is 2. The molecule has 0 aliphatic rings. The highest BCUT2D eigenvalue weighted by Crippen LogP contribution is 2.43. The molecule has 81 heavy (non-hydrogen) atoms. The van der Waals surface area contributed by atoms with Crippen LogP contribution in [-0.4, -0.2) is 49.3 Å². The number of phosphoric acid groups is 1. The highest BCUT2D eigenvalue weighted by Gasteiger charge is 2.26. The molecular weight excluding hydrogens is 1030 g/mol. The fraction of sp³-hybridized carbons (Fsp3) is 0.831. The highest BCUT2D eigenvalue weighted by atomic mass is 31.2. The average molecular weight is 1160 g/mol. The second-order valence-electron chi connectivity index (χ2n) is 23.4. The summed E-state index contributed by atoms with van der Waals surface area (Å²) in [6, 6.07) is 0. The van der Waals surface area contributed by atoms with Gasteiger partial charge in [0.05, 0.1) is 13.2 Å². The maximum atomic E-state index is 12.8. The first-order valence-corrected chi connectivity index (χ1v) is 36.3. The second-order valence-corrected chi connectivity index (χ2v) is 24.8. The summed E-state index contributed by atoms with van der Waals surface area (Å²) in [5.74, 6) is -0.807. The van der Waals surface area contributed by atoms with Crippen LogP contribution in [0.1, 0.15) is 348 Å². The van der Waals surface area contributed by atoms with E-state index in [1.54, 1.807) is 0 Å². The molecule has 9 nitrogen and oxygen atoms in total. The van der Waals surface area contributed by atoms with Crippen LogP contribution in [0.4, 0.5) is 0 Å². The van der Waals surface area contributed by atoms with Gasteiger partial charge in [-0.15, -0.1) is 0 Å². The van der Waals surface area contributed by atoms with Crippen molar-refractivity contribution in [2.45, 2.75) is 354 Å². The zero-order chi connectivity index (χ0) is 58.7. The number of esters is 2. The first-order chi connectivity index (χ1) is 39.8. The quantitative estimate of drug-likeness (QED) is 0.0264. The highest BCUT2D eigenvalue weighted by molar-refractivity contribution is 7.47. The van der Waals surface area contributed by atoms with Crippen molar-refractivity contribution >= 4 is 19.8 Å². The predicted octanol–water partition coefficient (Wildman–Crippen LogP) is 22.6. The topological polar surface area (TPSA) is 134 Å². The van der Waals surface area contributed by atoms with Crippen molar-refractivity contribution in [3.63, 3.8) is 0 Å². The van der Waals surface area contributed by atoms with Crippen molar-refractivity contribution in [1.82, 2.24) is 0 Å². The third-order valence-corrected chi connectivity index (χ3v) is 16.4. The van der Waals surface area contributed by atoms with Gasteiger partial charge in [0.2, 0.25) is 0 Å². The van der Waals surface area contributed by atoms with Gasteiger partial charge in [-0.1, -0.05) is 338 Å². The van der Waals surface area contributed by atoms with Crippen LogP contribution in [0, 0.1) is 0 Å². The first kappa shape index (κ1) is 78.7. The molecule has 0 heterocycles. The Morgan fingerprint density at radius 2 is 0.679 bits per heavy atom. The minimum absolute atomic E-state index is 0.0552. The number of carbonyl (C=O) groups excluding carboxylic acids is 2. The number of hydrogen-bond donors (Lipinski definition) is 2. The van der Waals surface area contributed by atoms with Crippen LogP contribution >= 0.6 is 7.82 Å². The van der Waals surface area contributed by atoms with Crippen molar-refractivity contribution in [3.8, 4) is 0 Å². The largest absolute Gasteiger partial charge is 0.472 e. The SMILES string of the molecule is CC/C=C\C/C=C\C/C=C\C/C=C\C/C=C\CCCCCCCCCCCCCCCCCCCCCC(=O)OC(COC(=O)CCCCCCCCCCCCCCCCCCCCCCCCCCC)COP(=O)(O)OCCN. The van der Waals surface area contributed by atoms with Crippen molar-refractivity contribution < 1.29 is 37.6 Å². The summed E-state index contributed by atoms with van der Waals surface area (Å²) in [4.78, 5) is 35.3. The minimum Gasteiger partial charge on any atom is -0.462 e. The molecule has 0 fully saturated rings. The molecule has 0 spiro atoms. The number of carbonyl (C=O) groups is 2. The number of allylic oxidation sites excluding steroid dienone is 10. The molecule has 474 valence electrons. The molecule has 0 aliphatic heterocycles. The number of unbranched alkanes of at least 4 members (excludes halogenated alkanes) is 43. The van der Waals surface area contributed by atoms with Gasteiger partial charge in [0.15, 0.2) is 6.10 Å². The molecule has 0 rings (SSSR count). The molecule has 3 N–H and O–H groups in total. The molecule has 0 amide bonds. The van der Waals surface area contributed by atoms with Crippen molar-refractivity contribution in [2.75, 3.05) is 26.4 Å². The summed E-state index contributed by atoms with van der Waals surface area (Å²) in [6.07, 6.45) is 86.0. The molecule has 2 atom stereocenters. The molecule has 0 saturated carbocycles. The molecule has 10 heteroatoms. The molecule has 0 radical (unpaired) electrons. The van der Waals surface area contributed by atoms with Crippen LogP contribution in [0.3, 0.4) is 0 Å². The summed E-state index contributed by atoms with van der Waals surface area (Å²) < 4.78 is 33.2. The lowest BCUT2D eigenvalue weighted by Gasteiger charge is -2.19. The Bertz CT molecular complexity index is 1510. The van der Waals surface area contributed by atoms with E-state index in [-0.39, 0.29) is 38.6 Å². The van der Waals surface area contributed by atoms with Gasteiger partial charge in [-0.05, 0) is 57.8 Å². The third kappa shape index (κ3) is 66.7. The van der Waals surface area contributed by atoms with E-state index in [1.165, 1.54) is 250 Å². The maximum Gasteiger partial charge on any atom is 0.472 e. The molecule has 0 aromatic heterocycles. The number of hydrogen-bond acceptors (Lipinski definition) is 8. The summed E-state index contributed by atoms with van der Waals surface area (Å²) in [6.45, 7) is 3.70. The molecule has 0 aromatic carbocycles. The summed E-state index contributed by atoms with van der Waals surface area (Å²) in [7, 11) is -4.39. The summed E-state index contributed by atoms with van der Waals surface area (Å²) in [5, 5.41) is 0. The van der Waals surface area contributed by atoms with Gasteiger partial charge in [-0.25, -0.2) is 4.57 Å². The lowest BCUT2D eigenvalue weighted by atomic mass is 10.0. The minimum atomic E-state index is -4.39. The molecule has 0 saturated heterocycles. The van der Waals surface area contributed by atoms with E-state index in [9.17, 15) is 19.0 Å². The molecular formula is C71H132NO8P. The molecule has 0 aromatic rings. The summed E-state index contributed by atoms with van der Waals surface area (Å²) >= 11 is 0. The fourth-order valence-corrected chi connectivity index (χ4v) is 11.1. The van der Waals surface area contributed by atoms with Crippen LogP contribution in [-0.2, 0) is 32.7 Å². The van der Waals surface area contributed by atoms with Gasteiger partial charge in [0, 0.05) is 19.4 Å². The number of phosphoric ester groups is 1. The standard InChI is InChI=1S/C71H132NO8P/c1-3-5-7-9-11-13-15-17-19-21-23-25-27-29-30-31-32-33-34-35-36-37-38-40-42-44-46-48-50-52-54-56-58-60-62-64-71(74)80-69(68-79-81(75,76)78-66-65-72)67-77-70(73)63-61-59-57-55-53-51-49-47-45-43-41-39-28-26-24-22-20-18-16-14-12-10-8-6-4-2/h5,7,11,13,17,19,23,25,29-30,69H,3-4,6,8-10,12,14-16,18,20-22,24,26-28,31-68,72H2,1-2H3,(H,75,76)/b7-5-,13-11-,19-17-,25-23-,30-29-. The van der Waals surface area contributed by atoms with Crippen LogP contribution in [0.15, 0.2) is 60.8 Å². The van der Waals surface area contributed by atoms with Crippen molar-refractivity contribution in [2.24, 2.45) is 5.73 Å². The van der Waals surface area contributed by atoms with E-state index in [1.807, 2.05) is 0 Å². The Morgan fingerprint density at radius 3 is 1.01 bits per heavy atom. The molecule has 0 aliphatic carbocycles. The Morgan fingerprint density at radius 1 is 0.383 bits per heavy atom. The Kier molecular flexibility index (Phi) is 65.0. The fourth-order valence-electron chi connectivity index (χ4n) is 10.3. The molecule has 2 unspecified atom stereocenters. The van der Waals surface area contributed by atoms with E-state index >= 15 is 0 Å². The smallest absolute Gasteiger partial charge is 0.462 e. The normalized spacial score (nSPS) is 13.3. The van der Waals surface area contributed by atoms with E-state index in [0.29, 0.717) is 6.42 Å². The van der Waals surface area contributed by atoms with Gasteiger partial charge >= 0.3 is 19.8 Å². The van der Waals surface area contributed by atoms with Crippen molar-refractivity contribution in [1.29, 1.82) is 0 Å². The van der Waals surface area contributed by atoms with E-state index in [2.05, 4.69) is 74.6 Å². The van der Waals surface area contributed by atoms with E-state index in [0.717, 1.165) is 64.2 Å².